The van der Waals surface area contributed by atoms with Crippen molar-refractivity contribution in [3.05, 3.63) is 101 Å². The van der Waals surface area contributed by atoms with Crippen LogP contribution in [0.4, 0.5) is 5.69 Å². The van der Waals surface area contributed by atoms with E-state index in [0.29, 0.717) is 11.4 Å². The Bertz CT molecular complexity index is 1520. The first kappa shape index (κ1) is 24.8. The van der Waals surface area contributed by atoms with Crippen LogP contribution in [0.1, 0.15) is 17.2 Å². The molecule has 192 valence electrons. The Kier molecular flexibility index (Phi) is 6.70. The number of ether oxygens (including phenoxy) is 3. The third-order valence-corrected chi connectivity index (χ3v) is 6.49. The lowest BCUT2D eigenvalue weighted by molar-refractivity contribution is -0.147. The Morgan fingerprint density at radius 3 is 2.03 bits per heavy atom. The number of benzene rings is 3. The van der Waals surface area contributed by atoms with Gasteiger partial charge in [-0.15, -0.1) is 0 Å². The van der Waals surface area contributed by atoms with Crippen LogP contribution >= 0.6 is 0 Å². The molecular weight excluding hydrogens is 482 g/mol. The summed E-state index contributed by atoms with van der Waals surface area (Å²) in [5.41, 5.74) is 5.41. The minimum absolute atomic E-state index is 0.0244. The zero-order valence-electron chi connectivity index (χ0n) is 21.5. The number of aryl methyl sites for hydroxylation is 2. The first-order chi connectivity index (χ1) is 18.4. The second-order valence-corrected chi connectivity index (χ2v) is 8.85. The summed E-state index contributed by atoms with van der Waals surface area (Å²) in [6, 6.07) is 23.9. The number of esters is 2. The molecule has 0 aliphatic carbocycles. The Labute approximate surface area is 220 Å². The molecule has 1 aliphatic heterocycles. The van der Waals surface area contributed by atoms with Crippen LogP contribution < -0.4 is 10.1 Å². The van der Waals surface area contributed by atoms with E-state index in [1.807, 2.05) is 92.7 Å². The lowest BCUT2D eigenvalue weighted by atomic mass is 10.0. The number of carbonyl (C=O) groups excluding carboxylic acids is 2. The number of aromatic nitrogens is 2. The number of methoxy groups -OCH3 is 2. The summed E-state index contributed by atoms with van der Waals surface area (Å²) in [7, 11) is 2.54. The van der Waals surface area contributed by atoms with Crippen molar-refractivity contribution < 1.29 is 23.8 Å². The summed E-state index contributed by atoms with van der Waals surface area (Å²) >= 11 is 0. The lowest BCUT2D eigenvalue weighted by Gasteiger charge is -2.29. The smallest absolute Gasteiger partial charge is 0.341 e. The zero-order valence-corrected chi connectivity index (χ0v) is 21.5. The average Bonchev–Trinajstić information content (AvgIpc) is 3.33. The maximum atomic E-state index is 13.4. The number of imidazole rings is 1. The molecule has 0 saturated carbocycles. The van der Waals surface area contributed by atoms with Crippen molar-refractivity contribution in [1.82, 2.24) is 9.55 Å². The number of fused-ring (bicyclic) bond motifs is 1. The fraction of sp³-hybridized carbons (Fsp3) is 0.167. The molecule has 1 aromatic heterocycles. The number of para-hydroxylation sites is 1. The van der Waals surface area contributed by atoms with Gasteiger partial charge in [-0.2, -0.15) is 4.98 Å². The summed E-state index contributed by atoms with van der Waals surface area (Å²) in [6.07, 6.45) is 0. The van der Waals surface area contributed by atoms with Crippen LogP contribution in [0.2, 0.25) is 0 Å². The minimum Gasteiger partial charge on any atom is -0.467 e. The number of nitrogens with zero attached hydrogens (tertiary/aromatic N) is 2. The lowest BCUT2D eigenvalue weighted by Crippen LogP contribution is -2.35. The quantitative estimate of drug-likeness (QED) is 0.346. The molecule has 2 heterocycles. The third-order valence-electron chi connectivity index (χ3n) is 6.49. The van der Waals surface area contributed by atoms with E-state index in [9.17, 15) is 9.59 Å². The predicted molar refractivity (Wildman–Crippen MR) is 143 cm³/mol. The van der Waals surface area contributed by atoms with Gasteiger partial charge in [0.25, 0.3) is 0 Å². The maximum Gasteiger partial charge on any atom is 0.341 e. The van der Waals surface area contributed by atoms with Gasteiger partial charge in [-0.25, -0.2) is 9.59 Å². The Morgan fingerprint density at radius 2 is 1.45 bits per heavy atom. The molecule has 8 nitrogen and oxygen atoms in total. The second kappa shape index (κ2) is 10.3. The zero-order chi connectivity index (χ0) is 26.8. The van der Waals surface area contributed by atoms with Gasteiger partial charge in [0.1, 0.15) is 11.3 Å². The molecule has 5 rings (SSSR count). The monoisotopic (exact) mass is 509 g/mol. The summed E-state index contributed by atoms with van der Waals surface area (Å²) in [5, 5.41) is 3.24. The van der Waals surface area contributed by atoms with E-state index in [0.717, 1.165) is 27.9 Å². The topological polar surface area (TPSA) is 91.7 Å². The number of anilines is 1. The van der Waals surface area contributed by atoms with Crippen LogP contribution in [0.5, 0.6) is 6.01 Å². The van der Waals surface area contributed by atoms with Crippen LogP contribution in [-0.4, -0.2) is 35.7 Å². The molecule has 4 aromatic rings. The van der Waals surface area contributed by atoms with Crippen molar-refractivity contribution in [3.63, 3.8) is 0 Å². The van der Waals surface area contributed by atoms with Crippen LogP contribution in [0.3, 0.4) is 0 Å². The molecule has 3 aromatic carbocycles. The first-order valence-corrected chi connectivity index (χ1v) is 12.1. The molecule has 1 atom stereocenters. The van der Waals surface area contributed by atoms with Gasteiger partial charge in [-0.1, -0.05) is 78.9 Å². The van der Waals surface area contributed by atoms with Crippen molar-refractivity contribution in [1.29, 1.82) is 0 Å². The largest absolute Gasteiger partial charge is 0.467 e. The van der Waals surface area contributed by atoms with Crippen LogP contribution in [0, 0.1) is 13.8 Å². The standard InChI is InChI=1S/C30H27N3O5/c1-18-12-11-13-19(2)23(18)31-27-22(28(34)36-3)26(29(35)37-4)33-25(21-16-9-6-10-17-21)24(32-30(33)38-27)20-14-7-5-8-15-20/h5-17,26,31H,1-4H3. The highest BCUT2D eigenvalue weighted by atomic mass is 16.5. The molecule has 0 fully saturated rings. The minimum atomic E-state index is -1.22. The van der Waals surface area contributed by atoms with Gasteiger partial charge in [0, 0.05) is 16.8 Å². The molecular formula is C30H27N3O5. The molecule has 0 bridgehead atoms. The average molecular weight is 510 g/mol. The van der Waals surface area contributed by atoms with Gasteiger partial charge in [0.15, 0.2) is 6.04 Å². The summed E-state index contributed by atoms with van der Waals surface area (Å²) in [4.78, 5) is 31.5. The molecule has 0 saturated heterocycles. The van der Waals surface area contributed by atoms with Gasteiger partial charge in [-0.05, 0) is 25.0 Å². The van der Waals surface area contributed by atoms with E-state index in [2.05, 4.69) is 5.32 Å². The Morgan fingerprint density at radius 1 is 0.842 bits per heavy atom. The van der Waals surface area contributed by atoms with E-state index in [-0.39, 0.29) is 17.5 Å². The highest BCUT2D eigenvalue weighted by Gasteiger charge is 2.43. The maximum absolute atomic E-state index is 13.4. The van der Waals surface area contributed by atoms with E-state index in [1.165, 1.54) is 14.2 Å². The van der Waals surface area contributed by atoms with Crippen molar-refractivity contribution in [3.8, 4) is 28.5 Å². The molecule has 8 heteroatoms. The molecule has 1 unspecified atom stereocenters. The molecule has 1 N–H and O–H groups in total. The van der Waals surface area contributed by atoms with E-state index >= 15 is 0 Å². The van der Waals surface area contributed by atoms with E-state index in [1.54, 1.807) is 4.57 Å². The third kappa shape index (κ3) is 4.30. The molecule has 0 radical (unpaired) electrons. The van der Waals surface area contributed by atoms with Gasteiger partial charge in [-0.3, -0.25) is 4.57 Å². The molecule has 1 aliphatic rings. The highest BCUT2D eigenvalue weighted by Crippen LogP contribution is 2.44. The Balaban J connectivity index is 1.80. The summed E-state index contributed by atoms with van der Waals surface area (Å²) < 4.78 is 18.2. The van der Waals surface area contributed by atoms with E-state index in [4.69, 9.17) is 19.2 Å². The Hall–Kier alpha value is -4.85. The van der Waals surface area contributed by atoms with Crippen LogP contribution in [0.15, 0.2) is 90.3 Å². The van der Waals surface area contributed by atoms with Crippen LogP contribution in [-0.2, 0) is 19.1 Å². The molecule has 0 spiro atoms. The number of hydrogen-bond acceptors (Lipinski definition) is 7. The fourth-order valence-electron chi connectivity index (χ4n) is 4.66. The number of nitrogens with one attached hydrogen (secondary N) is 1. The number of rotatable bonds is 6. The highest BCUT2D eigenvalue weighted by molar-refractivity contribution is 5.99. The van der Waals surface area contributed by atoms with E-state index < -0.39 is 18.0 Å². The van der Waals surface area contributed by atoms with Crippen molar-refractivity contribution in [2.75, 3.05) is 19.5 Å². The second-order valence-electron chi connectivity index (χ2n) is 8.85. The molecule has 38 heavy (non-hydrogen) atoms. The summed E-state index contributed by atoms with van der Waals surface area (Å²) in [5.74, 6) is -1.33. The fourth-order valence-corrected chi connectivity index (χ4v) is 4.66. The molecule has 0 amide bonds. The van der Waals surface area contributed by atoms with Gasteiger partial charge in [0.2, 0.25) is 5.88 Å². The number of hydrogen-bond donors (Lipinski definition) is 1. The van der Waals surface area contributed by atoms with Crippen molar-refractivity contribution >= 4 is 17.6 Å². The van der Waals surface area contributed by atoms with Gasteiger partial charge in [0.05, 0.1) is 19.9 Å². The van der Waals surface area contributed by atoms with Gasteiger partial charge >= 0.3 is 17.9 Å². The van der Waals surface area contributed by atoms with Gasteiger partial charge < -0.3 is 19.5 Å². The predicted octanol–water partition coefficient (Wildman–Crippen LogP) is 5.44. The van der Waals surface area contributed by atoms with Crippen LogP contribution in [0.25, 0.3) is 22.5 Å². The number of carbonyl (C=O) groups is 2. The SMILES string of the molecule is COC(=O)C1=C(Nc2c(C)cccc2C)Oc2nc(-c3ccccc3)c(-c3ccccc3)n2C1C(=O)OC. The first-order valence-electron chi connectivity index (χ1n) is 12.1. The normalized spacial score (nSPS) is 14.4. The summed E-state index contributed by atoms with van der Waals surface area (Å²) in [6.45, 7) is 3.88. The van der Waals surface area contributed by atoms with Crippen molar-refractivity contribution in [2.45, 2.75) is 19.9 Å². The van der Waals surface area contributed by atoms with Crippen molar-refractivity contribution in [2.24, 2.45) is 0 Å².